The number of hydrogen-bond acceptors (Lipinski definition) is 3. The van der Waals surface area contributed by atoms with Crippen LogP contribution in [0.4, 0.5) is 32.0 Å². The maximum atomic E-state index is 12.6. The van der Waals surface area contributed by atoms with Crippen LogP contribution in [-0.2, 0) is 6.18 Å². The summed E-state index contributed by atoms with van der Waals surface area (Å²) in [5.41, 5.74) is 4.37. The van der Waals surface area contributed by atoms with Crippen LogP contribution in [0.5, 0.6) is 17.2 Å². The smallest absolute Gasteiger partial charge is 0.455 e. The number of nitrogens with two attached hydrogens (primary N) is 1. The van der Waals surface area contributed by atoms with Crippen LogP contribution in [0.25, 0.3) is 0 Å². The Bertz CT molecular complexity index is 696. The Hall–Kier alpha value is -2.58. The Morgan fingerprint density at radius 3 is 2.09 bits per heavy atom. The first-order chi connectivity index (χ1) is 10.5. The minimum atomic E-state index is -4.88. The number of hydrogen-bond donors (Lipinski definition) is 1. The molecule has 0 unspecified atom stereocenters. The van der Waals surface area contributed by atoms with Crippen molar-refractivity contribution in [3.8, 4) is 17.2 Å². The highest BCUT2D eigenvalue weighted by atomic mass is 19.4. The third kappa shape index (κ3) is 4.70. The largest absolute Gasteiger partial charge is 0.573 e. The van der Waals surface area contributed by atoms with Gasteiger partial charge in [-0.05, 0) is 30.3 Å². The van der Waals surface area contributed by atoms with E-state index in [4.69, 9.17) is 10.5 Å². The van der Waals surface area contributed by atoms with E-state index in [1.165, 1.54) is 6.07 Å². The molecule has 0 aliphatic rings. The summed E-state index contributed by atoms with van der Waals surface area (Å²) < 4.78 is 82.8. The topological polar surface area (TPSA) is 44.5 Å². The molecule has 0 atom stereocenters. The van der Waals surface area contributed by atoms with Crippen molar-refractivity contribution in [3.63, 3.8) is 0 Å². The molecule has 2 aromatic carbocycles. The lowest BCUT2D eigenvalue weighted by molar-refractivity contribution is -0.274. The molecule has 3 nitrogen and oxygen atoms in total. The zero-order chi connectivity index (χ0) is 17.3. The molecule has 0 fully saturated rings. The molecular formula is C14H9F6NO2. The summed E-state index contributed by atoms with van der Waals surface area (Å²) >= 11 is 0. The second-order valence-electron chi connectivity index (χ2n) is 4.38. The van der Waals surface area contributed by atoms with Crippen LogP contribution in [-0.4, -0.2) is 6.36 Å². The van der Waals surface area contributed by atoms with E-state index in [-0.39, 0.29) is 17.2 Å². The van der Waals surface area contributed by atoms with Gasteiger partial charge in [0.15, 0.2) is 5.75 Å². The zero-order valence-corrected chi connectivity index (χ0v) is 11.2. The van der Waals surface area contributed by atoms with Gasteiger partial charge in [0.2, 0.25) is 0 Å². The highest BCUT2D eigenvalue weighted by Gasteiger charge is 2.32. The molecule has 0 saturated heterocycles. The van der Waals surface area contributed by atoms with Gasteiger partial charge in [-0.25, -0.2) is 0 Å². The predicted molar refractivity (Wildman–Crippen MR) is 69.1 cm³/mol. The number of anilines is 1. The van der Waals surface area contributed by atoms with Crippen molar-refractivity contribution >= 4 is 5.69 Å². The van der Waals surface area contributed by atoms with Crippen molar-refractivity contribution in [3.05, 3.63) is 48.0 Å². The molecule has 0 aromatic heterocycles. The van der Waals surface area contributed by atoms with Crippen LogP contribution >= 0.6 is 0 Å². The lowest BCUT2D eigenvalue weighted by Gasteiger charge is -2.13. The van der Waals surface area contributed by atoms with E-state index >= 15 is 0 Å². The van der Waals surface area contributed by atoms with Gasteiger partial charge >= 0.3 is 12.5 Å². The van der Waals surface area contributed by atoms with Crippen molar-refractivity contribution in [2.45, 2.75) is 12.5 Å². The SMILES string of the molecule is Nc1cc(OC(F)(F)F)ccc1Oc1cccc(C(F)(F)F)c1. The Balaban J connectivity index is 2.21. The number of rotatable bonds is 3. The number of ether oxygens (including phenoxy) is 2. The molecule has 0 amide bonds. The molecule has 23 heavy (non-hydrogen) atoms. The fourth-order valence-corrected chi connectivity index (χ4v) is 1.68. The Morgan fingerprint density at radius 1 is 0.826 bits per heavy atom. The van der Waals surface area contributed by atoms with E-state index in [0.29, 0.717) is 0 Å². The first-order valence-electron chi connectivity index (χ1n) is 6.05. The number of halogens is 6. The summed E-state index contributed by atoms with van der Waals surface area (Å²) in [6.45, 7) is 0. The molecule has 0 bridgehead atoms. The lowest BCUT2D eigenvalue weighted by atomic mass is 10.2. The molecule has 0 spiro atoms. The Labute approximate surface area is 126 Å². The van der Waals surface area contributed by atoms with Crippen LogP contribution in [0.3, 0.4) is 0 Å². The number of alkyl halides is 6. The maximum absolute atomic E-state index is 12.6. The van der Waals surface area contributed by atoms with Gasteiger partial charge in [0.1, 0.15) is 11.5 Å². The summed E-state index contributed by atoms with van der Waals surface area (Å²) in [5.74, 6) is -0.818. The average molecular weight is 337 g/mol. The van der Waals surface area contributed by atoms with E-state index in [0.717, 1.165) is 36.4 Å². The minimum Gasteiger partial charge on any atom is -0.455 e. The van der Waals surface area contributed by atoms with Gasteiger partial charge in [-0.3, -0.25) is 0 Å². The van der Waals surface area contributed by atoms with Gasteiger partial charge in [0, 0.05) is 6.07 Å². The van der Waals surface area contributed by atoms with E-state index in [1.807, 2.05) is 0 Å². The van der Waals surface area contributed by atoms with Crippen LogP contribution < -0.4 is 15.2 Å². The van der Waals surface area contributed by atoms with Crippen molar-refractivity contribution in [2.75, 3.05) is 5.73 Å². The van der Waals surface area contributed by atoms with Crippen LogP contribution in [0, 0.1) is 0 Å². The van der Waals surface area contributed by atoms with Crippen molar-refractivity contribution < 1.29 is 35.8 Å². The minimum absolute atomic E-state index is 0.0983. The summed E-state index contributed by atoms with van der Waals surface area (Å²) in [7, 11) is 0. The molecule has 0 aliphatic carbocycles. The van der Waals surface area contributed by atoms with E-state index in [9.17, 15) is 26.3 Å². The highest BCUT2D eigenvalue weighted by Crippen LogP contribution is 2.35. The summed E-state index contributed by atoms with van der Waals surface area (Å²) in [6.07, 6.45) is -9.43. The first kappa shape index (κ1) is 16.8. The van der Waals surface area contributed by atoms with E-state index in [1.54, 1.807) is 0 Å². The normalized spacial score (nSPS) is 12.1. The van der Waals surface area contributed by atoms with Gasteiger partial charge < -0.3 is 15.2 Å². The second-order valence-corrected chi connectivity index (χ2v) is 4.38. The molecule has 9 heteroatoms. The molecule has 2 aromatic rings. The number of nitrogen functional groups attached to an aromatic ring is 1. The summed E-state index contributed by atoms with van der Waals surface area (Å²) in [4.78, 5) is 0. The van der Waals surface area contributed by atoms with E-state index in [2.05, 4.69) is 4.74 Å². The second kappa shape index (κ2) is 5.90. The Kier molecular flexibility index (Phi) is 4.31. The van der Waals surface area contributed by atoms with Gasteiger partial charge in [-0.15, -0.1) is 13.2 Å². The molecule has 124 valence electrons. The zero-order valence-electron chi connectivity index (χ0n) is 11.2. The maximum Gasteiger partial charge on any atom is 0.573 e. The van der Waals surface area contributed by atoms with Crippen LogP contribution in [0.15, 0.2) is 42.5 Å². The van der Waals surface area contributed by atoms with Crippen LogP contribution in [0.1, 0.15) is 5.56 Å². The fraction of sp³-hybridized carbons (Fsp3) is 0.143. The summed E-state index contributed by atoms with van der Waals surface area (Å²) in [6, 6.07) is 6.86. The van der Waals surface area contributed by atoms with Crippen molar-refractivity contribution in [2.24, 2.45) is 0 Å². The standard InChI is InChI=1S/C14H9F6NO2/c15-13(16,17)8-2-1-3-9(6-8)22-12-5-4-10(7-11(12)21)23-14(18,19)20/h1-7H,21H2. The van der Waals surface area contributed by atoms with Crippen molar-refractivity contribution in [1.82, 2.24) is 0 Å². The average Bonchev–Trinajstić information content (AvgIpc) is 2.39. The third-order valence-electron chi connectivity index (χ3n) is 2.60. The first-order valence-corrected chi connectivity index (χ1v) is 6.05. The lowest BCUT2D eigenvalue weighted by Crippen LogP contribution is -2.17. The third-order valence-corrected chi connectivity index (χ3v) is 2.60. The van der Waals surface area contributed by atoms with Gasteiger partial charge in [-0.1, -0.05) is 6.07 Å². The van der Waals surface area contributed by atoms with E-state index < -0.39 is 23.9 Å². The molecule has 2 N–H and O–H groups in total. The highest BCUT2D eigenvalue weighted by molar-refractivity contribution is 5.57. The quantitative estimate of drug-likeness (QED) is 0.635. The van der Waals surface area contributed by atoms with Gasteiger partial charge in [-0.2, -0.15) is 13.2 Å². The molecule has 2 rings (SSSR count). The Morgan fingerprint density at radius 2 is 1.52 bits per heavy atom. The monoisotopic (exact) mass is 337 g/mol. The molecular weight excluding hydrogens is 328 g/mol. The molecule has 0 aliphatic heterocycles. The van der Waals surface area contributed by atoms with Gasteiger partial charge in [0.25, 0.3) is 0 Å². The molecule has 0 heterocycles. The predicted octanol–water partition coefficient (Wildman–Crippen LogP) is 4.98. The molecule has 0 saturated carbocycles. The number of benzene rings is 2. The van der Waals surface area contributed by atoms with Crippen molar-refractivity contribution in [1.29, 1.82) is 0 Å². The van der Waals surface area contributed by atoms with Gasteiger partial charge in [0.05, 0.1) is 11.3 Å². The fourth-order valence-electron chi connectivity index (χ4n) is 1.68. The summed E-state index contributed by atoms with van der Waals surface area (Å²) in [5, 5.41) is 0. The van der Waals surface area contributed by atoms with Crippen LogP contribution in [0.2, 0.25) is 0 Å². The molecule has 0 radical (unpaired) electrons.